The zero-order valence-electron chi connectivity index (χ0n) is 24.2. The quantitative estimate of drug-likeness (QED) is 0.270. The van der Waals surface area contributed by atoms with Gasteiger partial charge in [0.25, 0.3) is 0 Å². The van der Waals surface area contributed by atoms with Crippen LogP contribution >= 0.6 is 0 Å². The predicted molar refractivity (Wildman–Crippen MR) is 150 cm³/mol. The lowest BCUT2D eigenvalue weighted by atomic mass is 9.47. The van der Waals surface area contributed by atoms with Crippen molar-refractivity contribution in [3.05, 3.63) is 35.5 Å². The molecule has 2 N–H and O–H groups in total. The summed E-state index contributed by atoms with van der Waals surface area (Å²) in [6.07, 6.45) is 20.4. The standard InChI is InChI=1S/C33H52O5/c1-22(8-6-5-7-19-36-4)26-11-12-27-25-10-9-23-20-24(37-31-14-13-29(35)30(21-34)38-31)15-17-32(23,2)28(25)16-18-33(26,27)3/h8-9,13-14,24-31,34-35H,5-7,10-12,15-21H2,1-4H3/b22-8+/t24-,25-,26+,27-,28-,29-,30+,31?,32-,33+/m0/s1. The summed E-state index contributed by atoms with van der Waals surface area (Å²) in [7, 11) is 1.80. The summed E-state index contributed by atoms with van der Waals surface area (Å²) in [6, 6.07) is 0. The molecule has 5 heteroatoms. The van der Waals surface area contributed by atoms with E-state index >= 15 is 0 Å². The van der Waals surface area contributed by atoms with Gasteiger partial charge in [0.05, 0.1) is 12.7 Å². The summed E-state index contributed by atoms with van der Waals surface area (Å²) >= 11 is 0. The highest BCUT2D eigenvalue weighted by atomic mass is 16.7. The Morgan fingerprint density at radius 1 is 1.11 bits per heavy atom. The van der Waals surface area contributed by atoms with Gasteiger partial charge in [-0.1, -0.05) is 43.2 Å². The molecular formula is C33H52O5. The van der Waals surface area contributed by atoms with Crippen LogP contribution in [0.15, 0.2) is 35.5 Å². The number of ether oxygens (including phenoxy) is 3. The molecule has 0 aromatic carbocycles. The molecule has 1 aliphatic heterocycles. The van der Waals surface area contributed by atoms with E-state index in [1.807, 2.05) is 0 Å². The second-order valence-corrected chi connectivity index (χ2v) is 13.5. The first-order valence-electron chi connectivity index (χ1n) is 15.4. The Morgan fingerprint density at radius 2 is 1.95 bits per heavy atom. The maximum Gasteiger partial charge on any atom is 0.177 e. The number of allylic oxidation sites excluding steroid dienone is 3. The molecule has 38 heavy (non-hydrogen) atoms. The minimum atomic E-state index is -0.764. The van der Waals surface area contributed by atoms with Gasteiger partial charge in [-0.3, -0.25) is 0 Å². The molecule has 0 saturated heterocycles. The highest BCUT2D eigenvalue weighted by Gasteiger charge is 2.58. The molecule has 1 heterocycles. The van der Waals surface area contributed by atoms with Crippen LogP contribution in [0, 0.1) is 34.5 Å². The number of hydrogen-bond donors (Lipinski definition) is 2. The van der Waals surface area contributed by atoms with Crippen LogP contribution in [0.1, 0.15) is 91.4 Å². The fraction of sp³-hybridized carbons (Fsp3) is 0.818. The monoisotopic (exact) mass is 528 g/mol. The Labute approximate surface area is 230 Å². The lowest BCUT2D eigenvalue weighted by Crippen LogP contribution is -2.51. The maximum absolute atomic E-state index is 9.94. The normalized spacial score (nSPS) is 44.8. The summed E-state index contributed by atoms with van der Waals surface area (Å²) in [6.45, 7) is 8.28. The number of hydrogen-bond acceptors (Lipinski definition) is 5. The third-order valence-corrected chi connectivity index (χ3v) is 11.5. The van der Waals surface area contributed by atoms with Crippen molar-refractivity contribution in [1.82, 2.24) is 0 Å². The molecule has 0 bridgehead atoms. The summed E-state index contributed by atoms with van der Waals surface area (Å²) < 4.78 is 17.4. The van der Waals surface area contributed by atoms with Crippen LogP contribution in [0.4, 0.5) is 0 Å². The second-order valence-electron chi connectivity index (χ2n) is 13.5. The van der Waals surface area contributed by atoms with Crippen LogP contribution in [0.3, 0.4) is 0 Å². The fourth-order valence-electron chi connectivity index (χ4n) is 9.40. The van der Waals surface area contributed by atoms with Crippen molar-refractivity contribution in [3.8, 4) is 0 Å². The highest BCUT2D eigenvalue weighted by molar-refractivity contribution is 5.26. The molecule has 4 aliphatic carbocycles. The fourth-order valence-corrected chi connectivity index (χ4v) is 9.40. The summed E-state index contributed by atoms with van der Waals surface area (Å²) in [4.78, 5) is 0. The Hall–Kier alpha value is -0.980. The Balaban J connectivity index is 1.23. The number of rotatable bonds is 9. The summed E-state index contributed by atoms with van der Waals surface area (Å²) in [5, 5.41) is 19.4. The molecule has 0 spiro atoms. The molecule has 3 saturated carbocycles. The third-order valence-electron chi connectivity index (χ3n) is 11.5. The number of methoxy groups -OCH3 is 1. The van der Waals surface area contributed by atoms with Crippen molar-refractivity contribution in [2.24, 2.45) is 34.5 Å². The van der Waals surface area contributed by atoms with Crippen LogP contribution in [-0.2, 0) is 14.2 Å². The Morgan fingerprint density at radius 3 is 2.74 bits per heavy atom. The van der Waals surface area contributed by atoms with Gasteiger partial charge >= 0.3 is 0 Å². The average molecular weight is 529 g/mol. The zero-order chi connectivity index (χ0) is 26.9. The van der Waals surface area contributed by atoms with E-state index in [0.29, 0.717) is 10.8 Å². The van der Waals surface area contributed by atoms with Crippen LogP contribution < -0.4 is 0 Å². The molecule has 3 fully saturated rings. The first-order valence-corrected chi connectivity index (χ1v) is 15.4. The molecule has 5 nitrogen and oxygen atoms in total. The van der Waals surface area contributed by atoms with E-state index in [1.54, 1.807) is 30.4 Å². The van der Waals surface area contributed by atoms with Crippen LogP contribution in [0.25, 0.3) is 0 Å². The molecule has 1 unspecified atom stereocenters. The van der Waals surface area contributed by atoms with Gasteiger partial charge in [0, 0.05) is 13.7 Å². The van der Waals surface area contributed by atoms with E-state index < -0.39 is 18.5 Å². The number of aliphatic hydroxyl groups is 2. The SMILES string of the molecule is COCCCC/C=C(\C)[C@H]1CC[C@H]2[C@@H]3CC=C4C[C@@H](OC5C=C[C@H](O)[C@@H](CO)O5)CC[C@]4(C)[C@H]3CC[C@]12C. The van der Waals surface area contributed by atoms with Crippen molar-refractivity contribution < 1.29 is 24.4 Å². The van der Waals surface area contributed by atoms with E-state index in [2.05, 4.69) is 32.9 Å². The second kappa shape index (κ2) is 11.9. The summed E-state index contributed by atoms with van der Waals surface area (Å²) in [5.74, 6) is 3.20. The third kappa shape index (κ3) is 5.35. The molecule has 5 aliphatic rings. The molecule has 5 rings (SSSR count). The zero-order valence-corrected chi connectivity index (χ0v) is 24.2. The minimum absolute atomic E-state index is 0.136. The van der Waals surface area contributed by atoms with E-state index in [-0.39, 0.29) is 12.7 Å². The Bertz CT molecular complexity index is 909. The van der Waals surface area contributed by atoms with E-state index in [0.717, 1.165) is 49.5 Å². The van der Waals surface area contributed by atoms with Crippen LogP contribution in [0.2, 0.25) is 0 Å². The Kier molecular flexibility index (Phi) is 8.91. The van der Waals surface area contributed by atoms with Gasteiger partial charge in [-0.25, -0.2) is 0 Å². The van der Waals surface area contributed by atoms with E-state index in [9.17, 15) is 10.2 Å². The lowest BCUT2D eigenvalue weighted by Gasteiger charge is -2.58. The number of aliphatic hydroxyl groups excluding tert-OH is 2. The highest BCUT2D eigenvalue weighted by Crippen LogP contribution is 2.67. The molecule has 0 aromatic heterocycles. The van der Waals surface area contributed by atoms with Gasteiger partial charge in [0.1, 0.15) is 12.2 Å². The lowest BCUT2D eigenvalue weighted by molar-refractivity contribution is -0.203. The van der Waals surface area contributed by atoms with Gasteiger partial charge < -0.3 is 24.4 Å². The maximum atomic E-state index is 9.94. The van der Waals surface area contributed by atoms with Gasteiger partial charge in [-0.2, -0.15) is 0 Å². The molecule has 214 valence electrons. The van der Waals surface area contributed by atoms with Crippen molar-refractivity contribution in [1.29, 1.82) is 0 Å². The van der Waals surface area contributed by atoms with Crippen molar-refractivity contribution in [3.63, 3.8) is 0 Å². The first-order chi connectivity index (χ1) is 18.3. The molecule has 0 aromatic rings. The van der Waals surface area contributed by atoms with Crippen molar-refractivity contribution >= 4 is 0 Å². The predicted octanol–water partition coefficient (Wildman–Crippen LogP) is 6.35. The van der Waals surface area contributed by atoms with E-state index in [1.165, 1.54) is 51.4 Å². The molecular weight excluding hydrogens is 476 g/mol. The molecule has 10 atom stereocenters. The van der Waals surface area contributed by atoms with E-state index in [4.69, 9.17) is 14.2 Å². The summed E-state index contributed by atoms with van der Waals surface area (Å²) in [5.41, 5.74) is 4.01. The number of unbranched alkanes of at least 4 members (excludes halogenated alkanes) is 2. The topological polar surface area (TPSA) is 68.2 Å². The molecule has 0 radical (unpaired) electrons. The van der Waals surface area contributed by atoms with Crippen molar-refractivity contribution in [2.75, 3.05) is 20.3 Å². The minimum Gasteiger partial charge on any atom is -0.394 e. The van der Waals surface area contributed by atoms with Crippen LogP contribution in [-0.4, -0.2) is 55.1 Å². The largest absolute Gasteiger partial charge is 0.394 e. The number of fused-ring (bicyclic) bond motifs is 5. The smallest absolute Gasteiger partial charge is 0.177 e. The first kappa shape index (κ1) is 28.5. The van der Waals surface area contributed by atoms with Gasteiger partial charge in [0.2, 0.25) is 0 Å². The van der Waals surface area contributed by atoms with Gasteiger partial charge in [-0.05, 0) is 118 Å². The van der Waals surface area contributed by atoms with Gasteiger partial charge in [0.15, 0.2) is 6.29 Å². The van der Waals surface area contributed by atoms with Gasteiger partial charge in [-0.15, -0.1) is 0 Å². The van der Waals surface area contributed by atoms with Crippen LogP contribution in [0.5, 0.6) is 0 Å². The average Bonchev–Trinajstić information content (AvgIpc) is 3.27. The van der Waals surface area contributed by atoms with Crippen molar-refractivity contribution in [2.45, 2.75) is 116 Å². The molecule has 0 amide bonds.